The number of benzene rings is 1. The minimum atomic E-state index is -0.0977. The number of carbonyl (C=O) groups excluding carboxylic acids is 1. The summed E-state index contributed by atoms with van der Waals surface area (Å²) in [6.07, 6.45) is 0.812. The monoisotopic (exact) mass is 272 g/mol. The maximum absolute atomic E-state index is 12.3. The van der Waals surface area contributed by atoms with Gasteiger partial charge in [-0.25, -0.2) is 0 Å². The Morgan fingerprint density at radius 2 is 1.90 bits per heavy atom. The Bertz CT molecular complexity index is 549. The average molecular weight is 272 g/mol. The summed E-state index contributed by atoms with van der Waals surface area (Å²) in [5, 5.41) is 0. The van der Waals surface area contributed by atoms with E-state index in [1.165, 1.54) is 5.56 Å². The highest BCUT2D eigenvalue weighted by Gasteiger charge is 2.18. The number of rotatable bonds is 6. The van der Waals surface area contributed by atoms with Crippen molar-refractivity contribution in [1.82, 2.24) is 4.90 Å². The smallest absolute Gasteiger partial charge is 0.289 e. The van der Waals surface area contributed by atoms with Crippen molar-refractivity contribution in [3.05, 3.63) is 59.5 Å². The Labute approximate surface area is 119 Å². The van der Waals surface area contributed by atoms with Gasteiger partial charge in [0.25, 0.3) is 5.91 Å². The van der Waals surface area contributed by atoms with Crippen LogP contribution in [0, 0.1) is 6.92 Å². The largest absolute Gasteiger partial charge is 0.456 e. The molecule has 0 aliphatic heterocycles. The maximum Gasteiger partial charge on any atom is 0.289 e. The second kappa shape index (κ2) is 6.91. The number of nitrogens with zero attached hydrogens (tertiary/aromatic N) is 1. The van der Waals surface area contributed by atoms with E-state index in [4.69, 9.17) is 10.2 Å². The quantitative estimate of drug-likeness (QED) is 0.877. The molecular formula is C16H20N2O2. The Morgan fingerprint density at radius 3 is 2.50 bits per heavy atom. The minimum Gasteiger partial charge on any atom is -0.456 e. The van der Waals surface area contributed by atoms with E-state index in [-0.39, 0.29) is 5.91 Å². The third-order valence-corrected chi connectivity index (χ3v) is 3.15. The summed E-state index contributed by atoms with van der Waals surface area (Å²) in [4.78, 5) is 14.1. The zero-order valence-electron chi connectivity index (χ0n) is 11.7. The van der Waals surface area contributed by atoms with Crippen LogP contribution in [0.2, 0.25) is 0 Å². The first-order chi connectivity index (χ1) is 9.70. The molecule has 0 fully saturated rings. The Hall–Kier alpha value is -2.07. The van der Waals surface area contributed by atoms with Crippen LogP contribution in [0.1, 0.15) is 21.9 Å². The summed E-state index contributed by atoms with van der Waals surface area (Å²) in [5.74, 6) is 1.02. The highest BCUT2D eigenvalue weighted by Crippen LogP contribution is 2.10. The number of hydrogen-bond donors (Lipinski definition) is 1. The fraction of sp³-hybridized carbons (Fsp3) is 0.312. The first-order valence-corrected chi connectivity index (χ1v) is 6.80. The molecular weight excluding hydrogens is 252 g/mol. The fourth-order valence-corrected chi connectivity index (χ4v) is 2.08. The van der Waals surface area contributed by atoms with Gasteiger partial charge in [0, 0.05) is 19.6 Å². The molecule has 2 rings (SSSR count). The van der Waals surface area contributed by atoms with E-state index in [1.54, 1.807) is 17.0 Å². The van der Waals surface area contributed by atoms with E-state index >= 15 is 0 Å². The summed E-state index contributed by atoms with van der Waals surface area (Å²) in [5.41, 5.74) is 6.80. The number of furan rings is 1. The van der Waals surface area contributed by atoms with Crippen LogP contribution in [0.25, 0.3) is 0 Å². The lowest BCUT2D eigenvalue weighted by Crippen LogP contribution is -2.36. The molecule has 2 aromatic rings. The zero-order chi connectivity index (χ0) is 14.4. The molecule has 2 N–H and O–H groups in total. The second-order valence-corrected chi connectivity index (χ2v) is 4.73. The molecule has 0 saturated heterocycles. The van der Waals surface area contributed by atoms with Gasteiger partial charge in [0.05, 0.1) is 0 Å². The molecule has 4 nitrogen and oxygen atoms in total. The summed E-state index contributed by atoms with van der Waals surface area (Å²) in [6.45, 7) is 3.44. The predicted octanol–water partition coefficient (Wildman–Crippen LogP) is 2.23. The van der Waals surface area contributed by atoms with Crippen LogP contribution < -0.4 is 5.73 Å². The van der Waals surface area contributed by atoms with Crippen molar-refractivity contribution >= 4 is 5.91 Å². The summed E-state index contributed by atoms with van der Waals surface area (Å²) >= 11 is 0. The summed E-state index contributed by atoms with van der Waals surface area (Å²) in [7, 11) is 0. The first-order valence-electron chi connectivity index (χ1n) is 6.80. The molecule has 4 heteroatoms. The molecule has 0 aliphatic carbocycles. The minimum absolute atomic E-state index is 0.0977. The highest BCUT2D eigenvalue weighted by molar-refractivity contribution is 5.91. The molecule has 0 atom stereocenters. The zero-order valence-corrected chi connectivity index (χ0v) is 11.7. The molecule has 0 spiro atoms. The van der Waals surface area contributed by atoms with Crippen LogP contribution in [-0.4, -0.2) is 30.4 Å². The molecule has 0 aliphatic rings. The van der Waals surface area contributed by atoms with Gasteiger partial charge in [-0.3, -0.25) is 4.79 Å². The standard InChI is InChI=1S/C16H20N2O2/c1-13-7-8-15(20-13)16(19)18(12-10-17)11-9-14-5-3-2-4-6-14/h2-8H,9-12,17H2,1H3. The molecule has 1 heterocycles. The number of nitrogens with two attached hydrogens (primary N) is 1. The van der Waals surface area contributed by atoms with Gasteiger partial charge in [-0.1, -0.05) is 30.3 Å². The lowest BCUT2D eigenvalue weighted by Gasteiger charge is -2.20. The van der Waals surface area contributed by atoms with E-state index < -0.39 is 0 Å². The normalized spacial score (nSPS) is 10.5. The Kier molecular flexibility index (Phi) is 4.96. The third-order valence-electron chi connectivity index (χ3n) is 3.15. The highest BCUT2D eigenvalue weighted by atomic mass is 16.3. The van der Waals surface area contributed by atoms with Gasteiger partial charge in [0.1, 0.15) is 5.76 Å². The van der Waals surface area contributed by atoms with Crippen molar-refractivity contribution in [1.29, 1.82) is 0 Å². The number of hydrogen-bond acceptors (Lipinski definition) is 3. The van der Waals surface area contributed by atoms with Crippen LogP contribution in [0.15, 0.2) is 46.9 Å². The van der Waals surface area contributed by atoms with Crippen molar-refractivity contribution in [2.75, 3.05) is 19.6 Å². The molecule has 1 aromatic heterocycles. The first kappa shape index (κ1) is 14.3. The molecule has 0 unspecified atom stereocenters. The number of amides is 1. The molecule has 106 valence electrons. The number of carbonyl (C=O) groups is 1. The van der Waals surface area contributed by atoms with Crippen molar-refractivity contribution in [2.24, 2.45) is 5.73 Å². The third kappa shape index (κ3) is 3.71. The van der Waals surface area contributed by atoms with Crippen molar-refractivity contribution < 1.29 is 9.21 Å². The van der Waals surface area contributed by atoms with Crippen molar-refractivity contribution in [3.63, 3.8) is 0 Å². The van der Waals surface area contributed by atoms with Gasteiger partial charge >= 0.3 is 0 Å². The molecule has 1 aromatic carbocycles. The van der Waals surface area contributed by atoms with Gasteiger partial charge in [-0.15, -0.1) is 0 Å². The Balaban J connectivity index is 2.01. The SMILES string of the molecule is Cc1ccc(C(=O)N(CCN)CCc2ccccc2)o1. The lowest BCUT2D eigenvalue weighted by atomic mass is 10.1. The molecule has 0 bridgehead atoms. The van der Waals surface area contributed by atoms with E-state index in [0.29, 0.717) is 25.4 Å². The van der Waals surface area contributed by atoms with Gasteiger partial charge in [-0.05, 0) is 31.0 Å². The fourth-order valence-electron chi connectivity index (χ4n) is 2.08. The van der Waals surface area contributed by atoms with Crippen LogP contribution in [0.4, 0.5) is 0 Å². The van der Waals surface area contributed by atoms with E-state index in [9.17, 15) is 4.79 Å². The lowest BCUT2D eigenvalue weighted by molar-refractivity contribution is 0.0729. The summed E-state index contributed by atoms with van der Waals surface area (Å²) in [6, 6.07) is 13.6. The van der Waals surface area contributed by atoms with Crippen LogP contribution >= 0.6 is 0 Å². The van der Waals surface area contributed by atoms with Gasteiger partial charge in [-0.2, -0.15) is 0 Å². The van der Waals surface area contributed by atoms with E-state index in [0.717, 1.165) is 12.2 Å². The molecule has 20 heavy (non-hydrogen) atoms. The molecule has 0 radical (unpaired) electrons. The predicted molar refractivity (Wildman–Crippen MR) is 78.5 cm³/mol. The Morgan fingerprint density at radius 1 is 1.15 bits per heavy atom. The molecule has 0 saturated carbocycles. The molecule has 1 amide bonds. The van der Waals surface area contributed by atoms with Crippen LogP contribution in [0.3, 0.4) is 0 Å². The topological polar surface area (TPSA) is 59.5 Å². The van der Waals surface area contributed by atoms with Gasteiger partial charge in [0.15, 0.2) is 5.76 Å². The summed E-state index contributed by atoms with van der Waals surface area (Å²) < 4.78 is 5.39. The average Bonchev–Trinajstić information content (AvgIpc) is 2.90. The number of aryl methyl sites for hydroxylation is 1. The van der Waals surface area contributed by atoms with Crippen molar-refractivity contribution in [2.45, 2.75) is 13.3 Å². The van der Waals surface area contributed by atoms with Crippen molar-refractivity contribution in [3.8, 4) is 0 Å². The van der Waals surface area contributed by atoms with Gasteiger partial charge < -0.3 is 15.1 Å². The van der Waals surface area contributed by atoms with E-state index in [2.05, 4.69) is 12.1 Å². The van der Waals surface area contributed by atoms with E-state index in [1.807, 2.05) is 25.1 Å². The second-order valence-electron chi connectivity index (χ2n) is 4.73. The van der Waals surface area contributed by atoms with Crippen LogP contribution in [0.5, 0.6) is 0 Å². The maximum atomic E-state index is 12.3. The van der Waals surface area contributed by atoms with Gasteiger partial charge in [0.2, 0.25) is 0 Å². The van der Waals surface area contributed by atoms with Crippen LogP contribution in [-0.2, 0) is 6.42 Å².